The number of nitrogens with zero attached hydrogens (tertiary/aromatic N) is 1. The maximum atomic E-state index is 9.45. The van der Waals surface area contributed by atoms with E-state index in [0.717, 1.165) is 5.56 Å². The summed E-state index contributed by atoms with van der Waals surface area (Å²) < 4.78 is 5.27. The van der Waals surface area contributed by atoms with Crippen molar-refractivity contribution < 1.29 is 9.84 Å². The van der Waals surface area contributed by atoms with E-state index in [2.05, 4.69) is 4.98 Å². The minimum Gasteiger partial charge on any atom is -0.491 e. The van der Waals surface area contributed by atoms with Gasteiger partial charge in [-0.3, -0.25) is 4.98 Å². The topological polar surface area (TPSA) is 42.4 Å². The highest BCUT2D eigenvalue weighted by atomic mass is 16.5. The van der Waals surface area contributed by atoms with Crippen LogP contribution >= 0.6 is 0 Å². The summed E-state index contributed by atoms with van der Waals surface area (Å²) in [7, 11) is 0. The van der Waals surface area contributed by atoms with Gasteiger partial charge in [-0.2, -0.15) is 0 Å². The van der Waals surface area contributed by atoms with E-state index in [1.807, 2.05) is 0 Å². The lowest BCUT2D eigenvalue weighted by Crippen LogP contribution is -2.13. The van der Waals surface area contributed by atoms with Crippen molar-refractivity contribution in [2.45, 2.75) is 12.5 Å². The van der Waals surface area contributed by atoms with Crippen LogP contribution in [0.15, 0.2) is 18.5 Å². The van der Waals surface area contributed by atoms with E-state index >= 15 is 0 Å². The van der Waals surface area contributed by atoms with E-state index in [9.17, 15) is 5.11 Å². The first-order chi connectivity index (χ1) is 5.38. The Morgan fingerprint density at radius 2 is 2.55 bits per heavy atom. The second-order valence-corrected chi connectivity index (χ2v) is 2.57. The Morgan fingerprint density at radius 3 is 3.36 bits per heavy atom. The molecule has 1 atom stereocenters. The van der Waals surface area contributed by atoms with Gasteiger partial charge in [0.25, 0.3) is 0 Å². The van der Waals surface area contributed by atoms with Gasteiger partial charge in [0.15, 0.2) is 0 Å². The highest BCUT2D eigenvalue weighted by molar-refractivity contribution is 5.33. The Hall–Kier alpha value is -1.09. The minimum atomic E-state index is -0.373. The zero-order valence-corrected chi connectivity index (χ0v) is 6.03. The lowest BCUT2D eigenvalue weighted by Gasteiger charge is -2.20. The van der Waals surface area contributed by atoms with Crippen LogP contribution < -0.4 is 4.74 Å². The molecule has 1 aromatic rings. The van der Waals surface area contributed by atoms with Crippen molar-refractivity contribution in [2.75, 3.05) is 6.61 Å². The van der Waals surface area contributed by atoms with Crippen molar-refractivity contribution >= 4 is 0 Å². The summed E-state index contributed by atoms with van der Waals surface area (Å²) in [4.78, 5) is 3.90. The molecule has 1 aliphatic rings. The van der Waals surface area contributed by atoms with Crippen molar-refractivity contribution in [3.05, 3.63) is 24.0 Å². The molecule has 0 aliphatic carbocycles. The Labute approximate surface area is 64.6 Å². The molecule has 0 saturated heterocycles. The van der Waals surface area contributed by atoms with Gasteiger partial charge in [0.1, 0.15) is 5.75 Å². The summed E-state index contributed by atoms with van der Waals surface area (Å²) in [5, 5.41) is 9.45. The maximum absolute atomic E-state index is 9.45. The summed E-state index contributed by atoms with van der Waals surface area (Å²) in [6.45, 7) is 0.583. The number of hydrogen-bond acceptors (Lipinski definition) is 3. The molecule has 0 amide bonds. The van der Waals surface area contributed by atoms with Gasteiger partial charge in [0.2, 0.25) is 0 Å². The molecule has 3 nitrogen and oxygen atoms in total. The summed E-state index contributed by atoms with van der Waals surface area (Å²) >= 11 is 0. The highest BCUT2D eigenvalue weighted by Gasteiger charge is 2.17. The van der Waals surface area contributed by atoms with Crippen LogP contribution in [0, 0.1) is 0 Å². The summed E-state index contributed by atoms with van der Waals surface area (Å²) in [5.74, 6) is 0.714. The zero-order valence-electron chi connectivity index (χ0n) is 6.03. The van der Waals surface area contributed by atoms with Crippen molar-refractivity contribution in [1.82, 2.24) is 4.98 Å². The molecule has 0 aromatic carbocycles. The Bertz CT molecular complexity index is 262. The van der Waals surface area contributed by atoms with Crippen LogP contribution in [-0.4, -0.2) is 16.7 Å². The van der Waals surface area contributed by atoms with Gasteiger partial charge in [-0.1, -0.05) is 0 Å². The number of aliphatic hydroxyl groups is 1. The van der Waals surface area contributed by atoms with Gasteiger partial charge >= 0.3 is 0 Å². The van der Waals surface area contributed by atoms with Gasteiger partial charge in [0.05, 0.1) is 18.9 Å². The number of aromatic nitrogens is 1. The molecule has 0 radical (unpaired) electrons. The van der Waals surface area contributed by atoms with Crippen LogP contribution in [0.5, 0.6) is 5.75 Å². The van der Waals surface area contributed by atoms with Crippen LogP contribution in [-0.2, 0) is 0 Å². The average Bonchev–Trinajstić information content (AvgIpc) is 2.06. The maximum Gasteiger partial charge on any atom is 0.143 e. The lowest BCUT2D eigenvalue weighted by molar-refractivity contribution is 0.115. The van der Waals surface area contributed by atoms with Gasteiger partial charge < -0.3 is 9.84 Å². The number of rotatable bonds is 0. The smallest absolute Gasteiger partial charge is 0.143 e. The molecule has 58 valence electrons. The van der Waals surface area contributed by atoms with Crippen LogP contribution in [0.25, 0.3) is 0 Å². The van der Waals surface area contributed by atoms with Crippen molar-refractivity contribution in [3.63, 3.8) is 0 Å². The molecular formula is C8H9NO2. The SMILES string of the molecule is OC1CCOc2cnccc21. The van der Waals surface area contributed by atoms with E-state index in [-0.39, 0.29) is 6.10 Å². The van der Waals surface area contributed by atoms with Crippen LogP contribution in [0.1, 0.15) is 18.1 Å². The van der Waals surface area contributed by atoms with E-state index in [4.69, 9.17) is 4.74 Å². The number of pyridine rings is 1. The summed E-state index contributed by atoms with van der Waals surface area (Å²) in [6.07, 6.45) is 3.60. The number of hydrogen-bond donors (Lipinski definition) is 1. The third-order valence-electron chi connectivity index (χ3n) is 1.82. The second-order valence-electron chi connectivity index (χ2n) is 2.57. The van der Waals surface area contributed by atoms with Gasteiger partial charge in [-0.25, -0.2) is 0 Å². The molecule has 11 heavy (non-hydrogen) atoms. The Balaban J connectivity index is 2.44. The second kappa shape index (κ2) is 2.51. The monoisotopic (exact) mass is 151 g/mol. The first-order valence-corrected chi connectivity index (χ1v) is 3.63. The molecule has 2 heterocycles. The Kier molecular flexibility index (Phi) is 1.51. The third-order valence-corrected chi connectivity index (χ3v) is 1.82. The van der Waals surface area contributed by atoms with E-state index in [0.29, 0.717) is 18.8 Å². The fourth-order valence-electron chi connectivity index (χ4n) is 1.22. The highest BCUT2D eigenvalue weighted by Crippen LogP contribution is 2.30. The third kappa shape index (κ3) is 1.07. The van der Waals surface area contributed by atoms with E-state index in [1.54, 1.807) is 18.5 Å². The molecule has 1 unspecified atom stereocenters. The molecule has 1 aromatic heterocycles. The molecule has 0 fully saturated rings. The molecule has 0 bridgehead atoms. The lowest BCUT2D eigenvalue weighted by atomic mass is 10.1. The molecule has 1 aliphatic heterocycles. The van der Waals surface area contributed by atoms with E-state index < -0.39 is 0 Å². The standard InChI is InChI=1S/C8H9NO2/c10-7-2-4-11-8-5-9-3-1-6(7)8/h1,3,5,7,10H,2,4H2. The molecule has 2 rings (SSSR count). The van der Waals surface area contributed by atoms with Crippen LogP contribution in [0.2, 0.25) is 0 Å². The van der Waals surface area contributed by atoms with Crippen molar-refractivity contribution in [2.24, 2.45) is 0 Å². The Morgan fingerprint density at radius 1 is 1.64 bits per heavy atom. The van der Waals surface area contributed by atoms with E-state index in [1.165, 1.54) is 0 Å². The summed E-state index contributed by atoms with van der Waals surface area (Å²) in [6, 6.07) is 1.79. The minimum absolute atomic E-state index is 0.373. The predicted octanol–water partition coefficient (Wildman–Crippen LogP) is 0.897. The molecular weight excluding hydrogens is 142 g/mol. The van der Waals surface area contributed by atoms with Gasteiger partial charge in [-0.15, -0.1) is 0 Å². The van der Waals surface area contributed by atoms with Gasteiger partial charge in [0, 0.05) is 18.2 Å². The fraction of sp³-hybridized carbons (Fsp3) is 0.375. The molecule has 1 N–H and O–H groups in total. The van der Waals surface area contributed by atoms with Crippen LogP contribution in [0.4, 0.5) is 0 Å². The van der Waals surface area contributed by atoms with Crippen LogP contribution in [0.3, 0.4) is 0 Å². The first-order valence-electron chi connectivity index (χ1n) is 3.63. The normalized spacial score (nSPS) is 22.1. The molecule has 0 saturated carbocycles. The average molecular weight is 151 g/mol. The number of fused-ring (bicyclic) bond motifs is 1. The predicted molar refractivity (Wildman–Crippen MR) is 39.3 cm³/mol. The van der Waals surface area contributed by atoms with Gasteiger partial charge in [-0.05, 0) is 6.07 Å². The fourth-order valence-corrected chi connectivity index (χ4v) is 1.22. The molecule has 3 heteroatoms. The zero-order chi connectivity index (χ0) is 7.68. The number of ether oxygens (including phenoxy) is 1. The first kappa shape index (κ1) is 6.61. The largest absolute Gasteiger partial charge is 0.491 e. The number of aliphatic hydroxyl groups excluding tert-OH is 1. The quantitative estimate of drug-likeness (QED) is 0.599. The molecule has 0 spiro atoms. The van der Waals surface area contributed by atoms with Crippen molar-refractivity contribution in [1.29, 1.82) is 0 Å². The summed E-state index contributed by atoms with van der Waals surface area (Å²) in [5.41, 5.74) is 0.853. The van der Waals surface area contributed by atoms with Crippen molar-refractivity contribution in [3.8, 4) is 5.75 Å².